The summed E-state index contributed by atoms with van der Waals surface area (Å²) >= 11 is 0. The number of unbranched alkanes of at least 4 members (excludes halogenated alkanes) is 1. The van der Waals surface area contributed by atoms with Gasteiger partial charge in [0.15, 0.2) is 6.61 Å². The topological polar surface area (TPSA) is 65.4 Å². The predicted octanol–water partition coefficient (Wildman–Crippen LogP) is 7.20. The fourth-order valence-corrected chi connectivity index (χ4v) is 4.81. The molecule has 0 aliphatic rings. The van der Waals surface area contributed by atoms with E-state index in [0.717, 1.165) is 58.9 Å². The number of nitrogens with one attached hydrogen (secondary N) is 1. The molecule has 206 valence electrons. The fourth-order valence-electron chi connectivity index (χ4n) is 4.81. The van der Waals surface area contributed by atoms with Gasteiger partial charge in [0, 0.05) is 6.54 Å². The zero-order valence-electron chi connectivity index (χ0n) is 24.1. The average molecular weight is 528 g/mol. The number of imidazole rings is 1. The molecule has 1 unspecified atom stereocenters. The van der Waals surface area contributed by atoms with Gasteiger partial charge in [-0.1, -0.05) is 50.2 Å². The van der Waals surface area contributed by atoms with Gasteiger partial charge in [-0.25, -0.2) is 4.98 Å². The van der Waals surface area contributed by atoms with Crippen molar-refractivity contribution < 1.29 is 14.3 Å². The Morgan fingerprint density at radius 3 is 2.38 bits per heavy atom. The lowest BCUT2D eigenvalue weighted by Crippen LogP contribution is -2.32. The van der Waals surface area contributed by atoms with E-state index in [0.29, 0.717) is 12.5 Å². The van der Waals surface area contributed by atoms with Crippen LogP contribution in [0.5, 0.6) is 11.5 Å². The first-order valence-corrected chi connectivity index (χ1v) is 13.9. The number of aromatic nitrogens is 2. The second kappa shape index (κ2) is 12.8. The molecule has 0 fully saturated rings. The lowest BCUT2D eigenvalue weighted by atomic mass is 10.0. The number of hydrogen-bond donors (Lipinski definition) is 1. The Morgan fingerprint density at radius 1 is 0.897 bits per heavy atom. The summed E-state index contributed by atoms with van der Waals surface area (Å²) in [6, 6.07) is 20.3. The van der Waals surface area contributed by atoms with E-state index in [-0.39, 0.29) is 18.6 Å². The van der Waals surface area contributed by atoms with Crippen molar-refractivity contribution in [3.63, 3.8) is 0 Å². The van der Waals surface area contributed by atoms with E-state index in [1.165, 1.54) is 11.1 Å². The summed E-state index contributed by atoms with van der Waals surface area (Å²) in [6.45, 7) is 13.9. The molecule has 4 aromatic rings. The van der Waals surface area contributed by atoms with Gasteiger partial charge in [-0.2, -0.15) is 0 Å². The third-order valence-electron chi connectivity index (χ3n) is 6.98. The maximum atomic E-state index is 12.8. The summed E-state index contributed by atoms with van der Waals surface area (Å²) in [4.78, 5) is 17.6. The van der Waals surface area contributed by atoms with Crippen LogP contribution < -0.4 is 14.8 Å². The zero-order chi connectivity index (χ0) is 27.9. The third-order valence-corrected chi connectivity index (χ3v) is 6.98. The van der Waals surface area contributed by atoms with Crippen molar-refractivity contribution in [3.8, 4) is 11.5 Å². The van der Waals surface area contributed by atoms with Crippen molar-refractivity contribution in [2.45, 2.75) is 72.9 Å². The number of carbonyl (C=O) groups excluding carboxylic acids is 1. The maximum absolute atomic E-state index is 12.8. The highest BCUT2D eigenvalue weighted by Crippen LogP contribution is 2.28. The van der Waals surface area contributed by atoms with E-state index >= 15 is 0 Å². The molecular formula is C33H41N3O3. The van der Waals surface area contributed by atoms with Crippen molar-refractivity contribution in [3.05, 3.63) is 88.7 Å². The molecule has 0 aliphatic carbocycles. The van der Waals surface area contributed by atoms with Gasteiger partial charge in [0.2, 0.25) is 0 Å². The lowest BCUT2D eigenvalue weighted by Gasteiger charge is -2.17. The maximum Gasteiger partial charge on any atom is 0.258 e. The Kier molecular flexibility index (Phi) is 9.28. The molecule has 0 radical (unpaired) electrons. The number of fused-ring (bicyclic) bond motifs is 1. The molecule has 1 aromatic heterocycles. The molecule has 1 heterocycles. The van der Waals surface area contributed by atoms with Gasteiger partial charge in [-0.3, -0.25) is 4.79 Å². The lowest BCUT2D eigenvalue weighted by molar-refractivity contribution is -0.123. The minimum Gasteiger partial charge on any atom is -0.493 e. The van der Waals surface area contributed by atoms with E-state index in [2.05, 4.69) is 54.9 Å². The molecule has 4 rings (SSSR count). The van der Waals surface area contributed by atoms with Gasteiger partial charge in [0.05, 0.1) is 23.7 Å². The molecule has 1 atom stereocenters. The first kappa shape index (κ1) is 28.2. The van der Waals surface area contributed by atoms with Crippen LogP contribution in [0.3, 0.4) is 0 Å². The summed E-state index contributed by atoms with van der Waals surface area (Å²) in [5.74, 6) is 2.81. The van der Waals surface area contributed by atoms with Gasteiger partial charge in [-0.05, 0) is 93.0 Å². The van der Waals surface area contributed by atoms with E-state index in [1.807, 2.05) is 57.2 Å². The van der Waals surface area contributed by atoms with Crippen LogP contribution in [0.25, 0.3) is 11.0 Å². The molecule has 6 nitrogen and oxygen atoms in total. The molecule has 1 amide bonds. The Labute approximate surface area is 232 Å². The first-order valence-electron chi connectivity index (χ1n) is 13.9. The Hall–Kier alpha value is -3.80. The highest BCUT2D eigenvalue weighted by atomic mass is 16.5. The van der Waals surface area contributed by atoms with Gasteiger partial charge < -0.3 is 19.4 Å². The van der Waals surface area contributed by atoms with Gasteiger partial charge >= 0.3 is 0 Å². The number of benzene rings is 3. The summed E-state index contributed by atoms with van der Waals surface area (Å²) in [7, 11) is 0. The number of nitrogens with zero attached hydrogens (tertiary/aromatic N) is 2. The fraction of sp³-hybridized carbons (Fsp3) is 0.394. The minimum atomic E-state index is -0.260. The quantitative estimate of drug-likeness (QED) is 0.198. The van der Waals surface area contributed by atoms with Crippen LogP contribution in [-0.4, -0.2) is 28.7 Å². The minimum absolute atomic E-state index is 0.0382. The number of aryl methyl sites for hydroxylation is 4. The summed E-state index contributed by atoms with van der Waals surface area (Å²) < 4.78 is 14.2. The van der Waals surface area contributed by atoms with Crippen molar-refractivity contribution in [1.29, 1.82) is 0 Å². The molecule has 0 bridgehead atoms. The molecule has 0 saturated heterocycles. The van der Waals surface area contributed by atoms with Crippen LogP contribution in [0.1, 0.15) is 73.7 Å². The second-order valence-corrected chi connectivity index (χ2v) is 10.7. The van der Waals surface area contributed by atoms with Gasteiger partial charge in [0.1, 0.15) is 17.3 Å². The number of hydrogen-bond acceptors (Lipinski definition) is 4. The number of para-hydroxylation sites is 2. The van der Waals surface area contributed by atoms with Crippen LogP contribution in [0, 0.1) is 20.8 Å². The van der Waals surface area contributed by atoms with Gasteiger partial charge in [-0.15, -0.1) is 0 Å². The molecular weight excluding hydrogens is 486 g/mol. The smallest absolute Gasteiger partial charge is 0.258 e. The molecule has 1 N–H and O–H groups in total. The Morgan fingerprint density at radius 2 is 1.62 bits per heavy atom. The van der Waals surface area contributed by atoms with Gasteiger partial charge in [0.25, 0.3) is 5.91 Å². The predicted molar refractivity (Wildman–Crippen MR) is 158 cm³/mol. The zero-order valence-corrected chi connectivity index (χ0v) is 24.1. The Bertz CT molecular complexity index is 1420. The van der Waals surface area contributed by atoms with E-state index in [4.69, 9.17) is 14.5 Å². The molecule has 3 aromatic carbocycles. The SMILES string of the molecule is Cc1ccc(C)c(OCC(=O)NC(C)c2nc3ccccc3n2CCCCOc2cc(C)ccc2C(C)C)c1. The van der Waals surface area contributed by atoms with E-state index < -0.39 is 0 Å². The molecule has 6 heteroatoms. The number of amides is 1. The first-order chi connectivity index (χ1) is 18.7. The van der Waals surface area contributed by atoms with Crippen LogP contribution in [0.4, 0.5) is 0 Å². The molecule has 0 spiro atoms. The normalized spacial score (nSPS) is 12.1. The van der Waals surface area contributed by atoms with Crippen molar-refractivity contribution in [2.24, 2.45) is 0 Å². The molecule has 0 saturated carbocycles. The molecule has 39 heavy (non-hydrogen) atoms. The van der Waals surface area contributed by atoms with Crippen LogP contribution >= 0.6 is 0 Å². The Balaban J connectivity index is 1.37. The van der Waals surface area contributed by atoms with Crippen molar-refractivity contribution in [2.75, 3.05) is 13.2 Å². The van der Waals surface area contributed by atoms with Crippen molar-refractivity contribution >= 4 is 16.9 Å². The average Bonchev–Trinajstić information content (AvgIpc) is 3.27. The highest BCUT2D eigenvalue weighted by molar-refractivity contribution is 5.79. The monoisotopic (exact) mass is 527 g/mol. The summed E-state index contributed by atoms with van der Waals surface area (Å²) in [5, 5.41) is 3.08. The standard InChI is InChI=1S/C33H41N3O3/c1-22(2)27-16-14-24(4)20-31(27)38-18-10-9-17-36-29-12-8-7-11-28(29)35-33(36)26(6)34-32(37)21-39-30-19-23(3)13-15-25(30)5/h7-8,11-16,19-20,22,26H,9-10,17-18,21H2,1-6H3,(H,34,37). The third kappa shape index (κ3) is 7.20. The van der Waals surface area contributed by atoms with Crippen LogP contribution in [0.15, 0.2) is 60.7 Å². The highest BCUT2D eigenvalue weighted by Gasteiger charge is 2.19. The summed E-state index contributed by atoms with van der Waals surface area (Å²) in [6.07, 6.45) is 1.86. The van der Waals surface area contributed by atoms with Crippen molar-refractivity contribution in [1.82, 2.24) is 14.9 Å². The van der Waals surface area contributed by atoms with Crippen LogP contribution in [-0.2, 0) is 11.3 Å². The number of carbonyl (C=O) groups is 1. The number of ether oxygens (including phenoxy) is 2. The largest absolute Gasteiger partial charge is 0.493 e. The van der Waals surface area contributed by atoms with Crippen LogP contribution in [0.2, 0.25) is 0 Å². The number of rotatable bonds is 12. The van der Waals surface area contributed by atoms with E-state index in [1.54, 1.807) is 0 Å². The molecule has 0 aliphatic heterocycles. The summed E-state index contributed by atoms with van der Waals surface area (Å²) in [5.41, 5.74) is 6.56. The van der Waals surface area contributed by atoms with E-state index in [9.17, 15) is 4.79 Å². The second-order valence-electron chi connectivity index (χ2n) is 10.7.